The number of aromatic nitrogens is 6. The Morgan fingerprint density at radius 1 is 1.19 bits per heavy atom. The van der Waals surface area contributed by atoms with Crippen molar-refractivity contribution in [2.45, 2.75) is 44.7 Å². The topological polar surface area (TPSA) is 119 Å². The lowest BCUT2D eigenvalue weighted by atomic mass is 9.71. The maximum atomic E-state index is 13.1. The van der Waals surface area contributed by atoms with Crippen molar-refractivity contribution in [3.05, 3.63) is 36.2 Å². The van der Waals surface area contributed by atoms with Gasteiger partial charge in [-0.2, -0.15) is 4.68 Å². The average molecular weight is 424 g/mol. The molecule has 2 aliphatic heterocycles. The average Bonchev–Trinajstić information content (AvgIpc) is 3.52. The maximum absolute atomic E-state index is 13.1. The van der Waals surface area contributed by atoms with Gasteiger partial charge in [0.25, 0.3) is 0 Å². The third kappa shape index (κ3) is 3.69. The van der Waals surface area contributed by atoms with Crippen molar-refractivity contribution in [2.75, 3.05) is 20.2 Å². The van der Waals surface area contributed by atoms with Crippen molar-refractivity contribution in [1.29, 1.82) is 0 Å². The van der Waals surface area contributed by atoms with E-state index in [4.69, 9.17) is 4.74 Å². The summed E-state index contributed by atoms with van der Waals surface area (Å²) in [7, 11) is 2.09. The summed E-state index contributed by atoms with van der Waals surface area (Å²) in [5, 5.41) is 11.0. The molecule has 0 aromatic carbocycles. The highest BCUT2D eigenvalue weighted by Crippen LogP contribution is 2.46. The summed E-state index contributed by atoms with van der Waals surface area (Å²) in [5.74, 6) is 0.371. The molecule has 31 heavy (non-hydrogen) atoms. The number of likely N-dealkylation sites (tertiary alicyclic amines) is 1. The number of carbonyl (C=O) groups is 2. The Bertz CT molecular complexity index is 996. The molecule has 162 valence electrons. The fourth-order valence-electron chi connectivity index (χ4n) is 4.87. The van der Waals surface area contributed by atoms with Crippen LogP contribution in [0.3, 0.4) is 0 Å². The summed E-state index contributed by atoms with van der Waals surface area (Å²) in [4.78, 5) is 37.4. The lowest BCUT2D eigenvalue weighted by Gasteiger charge is -2.39. The van der Waals surface area contributed by atoms with Crippen LogP contribution in [0.15, 0.2) is 30.5 Å². The van der Waals surface area contributed by atoms with Gasteiger partial charge in [0.05, 0.1) is 29.2 Å². The highest BCUT2D eigenvalue weighted by Gasteiger charge is 2.50. The summed E-state index contributed by atoms with van der Waals surface area (Å²) in [5.41, 5.74) is 1.28. The third-order valence-electron chi connectivity index (χ3n) is 6.73. The molecular weight excluding hydrogens is 400 g/mol. The number of cyclic esters (lactones) is 1. The second-order valence-electron chi connectivity index (χ2n) is 8.50. The molecule has 11 heteroatoms. The van der Waals surface area contributed by atoms with Crippen LogP contribution >= 0.6 is 0 Å². The summed E-state index contributed by atoms with van der Waals surface area (Å²) in [6.45, 7) is 1.57. The molecule has 1 spiro atoms. The van der Waals surface area contributed by atoms with Gasteiger partial charge < -0.3 is 9.64 Å². The number of hydrogen-bond acceptors (Lipinski definition) is 9. The van der Waals surface area contributed by atoms with E-state index in [-0.39, 0.29) is 23.9 Å². The van der Waals surface area contributed by atoms with Crippen LogP contribution in [0.25, 0.3) is 5.82 Å². The lowest BCUT2D eigenvalue weighted by molar-refractivity contribution is -0.138. The van der Waals surface area contributed by atoms with Gasteiger partial charge in [-0.15, -0.1) is 5.10 Å². The van der Waals surface area contributed by atoms with Crippen LogP contribution in [0.5, 0.6) is 0 Å². The Hall–Kier alpha value is -3.21. The molecule has 0 radical (unpaired) electrons. The summed E-state index contributed by atoms with van der Waals surface area (Å²) < 4.78 is 6.45. The zero-order valence-corrected chi connectivity index (χ0v) is 17.3. The van der Waals surface area contributed by atoms with Crippen LogP contribution in [0.1, 0.15) is 37.8 Å². The molecule has 3 aliphatic rings. The van der Waals surface area contributed by atoms with Gasteiger partial charge in [-0.25, -0.2) is 9.78 Å². The Kier molecular flexibility index (Phi) is 4.97. The zero-order valence-electron chi connectivity index (χ0n) is 17.3. The van der Waals surface area contributed by atoms with E-state index in [1.165, 1.54) is 17.1 Å². The predicted octanol–water partition coefficient (Wildman–Crippen LogP) is 0.486. The molecule has 0 unspecified atom stereocenters. The maximum Gasteiger partial charge on any atom is 0.333 e. The molecule has 4 heterocycles. The van der Waals surface area contributed by atoms with E-state index >= 15 is 0 Å². The van der Waals surface area contributed by atoms with Crippen LogP contribution in [0.4, 0.5) is 0 Å². The Labute approximate surface area is 179 Å². The summed E-state index contributed by atoms with van der Waals surface area (Å²) >= 11 is 0. The molecule has 0 bridgehead atoms. The number of amides is 1. The van der Waals surface area contributed by atoms with Gasteiger partial charge >= 0.3 is 5.97 Å². The first-order valence-electron chi connectivity index (χ1n) is 10.5. The minimum Gasteiger partial charge on any atom is -0.456 e. The largest absolute Gasteiger partial charge is 0.456 e. The highest BCUT2D eigenvalue weighted by molar-refractivity contribution is 5.90. The number of nitrogens with zero attached hydrogens (tertiary/aromatic N) is 8. The predicted molar refractivity (Wildman–Crippen MR) is 106 cm³/mol. The number of hydrogen-bond donors (Lipinski definition) is 0. The fourth-order valence-corrected chi connectivity index (χ4v) is 4.87. The van der Waals surface area contributed by atoms with Crippen molar-refractivity contribution < 1.29 is 14.3 Å². The Balaban J connectivity index is 1.17. The molecule has 1 saturated carbocycles. The van der Waals surface area contributed by atoms with E-state index in [0.29, 0.717) is 30.6 Å². The number of carbonyl (C=O) groups excluding carboxylic acids is 2. The van der Waals surface area contributed by atoms with E-state index in [1.807, 2.05) is 0 Å². The fraction of sp³-hybridized carbons (Fsp3) is 0.550. The van der Waals surface area contributed by atoms with Gasteiger partial charge in [0.1, 0.15) is 12.9 Å². The Morgan fingerprint density at radius 2 is 2.03 bits per heavy atom. The van der Waals surface area contributed by atoms with Gasteiger partial charge in [0.15, 0.2) is 5.82 Å². The minimum absolute atomic E-state index is 0.155. The monoisotopic (exact) mass is 424 g/mol. The van der Waals surface area contributed by atoms with Crippen LogP contribution in [-0.4, -0.2) is 78.1 Å². The number of esters is 1. The van der Waals surface area contributed by atoms with Crippen molar-refractivity contribution in [3.63, 3.8) is 0 Å². The summed E-state index contributed by atoms with van der Waals surface area (Å²) in [6, 6.07) is 0.393. The highest BCUT2D eigenvalue weighted by atomic mass is 16.5. The molecule has 1 aliphatic carbocycles. The van der Waals surface area contributed by atoms with Crippen molar-refractivity contribution in [1.82, 2.24) is 40.0 Å². The zero-order chi connectivity index (χ0) is 21.4. The van der Waals surface area contributed by atoms with E-state index < -0.39 is 0 Å². The molecule has 11 nitrogen and oxygen atoms in total. The van der Waals surface area contributed by atoms with Crippen molar-refractivity contribution in [2.24, 2.45) is 5.41 Å². The standard InChI is InChI=1S/C20H24N8O3/c1-26(11-14-9-22-17(10-21-14)28-13-23-24-25-28)15-2-4-20(5-3-15)6-7-27(19(20)30)16-8-18(29)31-12-16/h8-10,13,15H,2-7,11-12H2,1H3. The first-order chi connectivity index (χ1) is 15.0. The number of tetrazole rings is 1. The smallest absolute Gasteiger partial charge is 0.333 e. The third-order valence-corrected chi connectivity index (χ3v) is 6.73. The van der Waals surface area contributed by atoms with Gasteiger partial charge in [0, 0.05) is 25.2 Å². The van der Waals surface area contributed by atoms with E-state index in [0.717, 1.165) is 37.8 Å². The van der Waals surface area contributed by atoms with Gasteiger partial charge in [-0.3, -0.25) is 14.7 Å². The van der Waals surface area contributed by atoms with Crippen LogP contribution < -0.4 is 0 Å². The molecule has 1 amide bonds. The number of rotatable bonds is 5. The molecule has 0 N–H and O–H groups in total. The van der Waals surface area contributed by atoms with E-state index in [1.54, 1.807) is 17.3 Å². The molecule has 2 fully saturated rings. The van der Waals surface area contributed by atoms with Gasteiger partial charge in [-0.05, 0) is 49.6 Å². The molecular formula is C20H24N8O3. The van der Waals surface area contributed by atoms with Crippen molar-refractivity contribution >= 4 is 11.9 Å². The molecule has 1 saturated heterocycles. The second kappa shape index (κ2) is 7.80. The van der Waals surface area contributed by atoms with Gasteiger partial charge in [-0.1, -0.05) is 0 Å². The van der Waals surface area contributed by atoms with E-state index in [2.05, 4.69) is 37.4 Å². The molecule has 2 aromatic rings. The quantitative estimate of drug-likeness (QED) is 0.632. The Morgan fingerprint density at radius 3 is 2.68 bits per heavy atom. The first kappa shape index (κ1) is 19.7. The van der Waals surface area contributed by atoms with Gasteiger partial charge in [0.2, 0.25) is 5.91 Å². The lowest BCUT2D eigenvalue weighted by Crippen LogP contribution is -2.42. The van der Waals surface area contributed by atoms with Crippen LogP contribution in [0, 0.1) is 5.41 Å². The first-order valence-corrected chi connectivity index (χ1v) is 10.5. The molecule has 0 atom stereocenters. The molecule has 2 aromatic heterocycles. The minimum atomic E-state index is -0.358. The van der Waals surface area contributed by atoms with Crippen LogP contribution in [0.2, 0.25) is 0 Å². The normalized spacial score (nSPS) is 26.1. The van der Waals surface area contributed by atoms with Crippen molar-refractivity contribution in [3.8, 4) is 5.82 Å². The molecule has 5 rings (SSSR count). The van der Waals surface area contributed by atoms with E-state index in [9.17, 15) is 9.59 Å². The second-order valence-corrected chi connectivity index (χ2v) is 8.50. The summed E-state index contributed by atoms with van der Waals surface area (Å²) in [6.07, 6.45) is 10.8. The SMILES string of the molecule is CN(Cc1cnc(-n2cnnn2)cn1)C1CCC2(CC1)CCN(C1=CC(=O)OC1)C2=O. The number of ether oxygens (including phenoxy) is 1. The van der Waals surface area contributed by atoms with Crippen LogP contribution in [-0.2, 0) is 20.9 Å².